The molecule has 0 spiro atoms. The molecule has 242 valence electrons. The van der Waals surface area contributed by atoms with E-state index < -0.39 is 98.3 Å². The Hall–Kier alpha value is -0.600. The summed E-state index contributed by atoms with van der Waals surface area (Å²) in [6.45, 7) is 0.164. The van der Waals surface area contributed by atoms with Crippen molar-refractivity contribution in [3.63, 3.8) is 0 Å². The first kappa shape index (κ1) is 34.9. The minimum atomic E-state index is -1.53. The topological polar surface area (TPSA) is 237 Å². The van der Waals surface area contributed by atoms with Crippen LogP contribution in [0.4, 0.5) is 0 Å². The van der Waals surface area contributed by atoms with Gasteiger partial charge in [0.05, 0.1) is 77.3 Å². The molecule has 3 heterocycles. The van der Waals surface area contributed by atoms with Gasteiger partial charge in [-0.3, -0.25) is 0 Å². The van der Waals surface area contributed by atoms with Gasteiger partial charge in [0.1, 0.15) is 48.8 Å². The lowest BCUT2D eigenvalue weighted by molar-refractivity contribution is -0.246. The summed E-state index contributed by atoms with van der Waals surface area (Å²) in [4.78, 5) is 0. The summed E-state index contributed by atoms with van der Waals surface area (Å²) in [5.41, 5.74) is 0. The van der Waals surface area contributed by atoms with Crippen LogP contribution >= 0.6 is 0 Å². The van der Waals surface area contributed by atoms with Crippen LogP contribution in [0.2, 0.25) is 0 Å². The fraction of sp³-hybridized carbons (Fsp3) is 1.00. The highest BCUT2D eigenvalue weighted by Gasteiger charge is 2.47. The molecular weight excluding hydrogens is 552 g/mol. The second-order valence-electron chi connectivity index (χ2n) is 11.1. The number of ether oxygens (including phenoxy) is 6. The van der Waals surface area contributed by atoms with Crippen LogP contribution in [-0.2, 0) is 28.4 Å². The fourth-order valence-electron chi connectivity index (χ4n) is 6.06. The van der Waals surface area contributed by atoms with E-state index in [1.807, 2.05) is 6.92 Å². The number of aliphatic hydroxyl groups excluding tert-OH is 9. The molecule has 9 N–H and O–H groups in total. The average molecular weight is 601 g/mol. The zero-order valence-electron chi connectivity index (χ0n) is 23.5. The van der Waals surface area contributed by atoms with Gasteiger partial charge in [0, 0.05) is 18.9 Å². The molecule has 3 aliphatic heterocycles. The summed E-state index contributed by atoms with van der Waals surface area (Å²) in [5.74, 6) is -1.57. The number of hydrogen-bond acceptors (Lipinski definition) is 15. The predicted octanol–water partition coefficient (Wildman–Crippen LogP) is -4.63. The van der Waals surface area contributed by atoms with Gasteiger partial charge in [-0.15, -0.1) is 0 Å². The third-order valence-corrected chi connectivity index (χ3v) is 8.53. The van der Waals surface area contributed by atoms with Crippen LogP contribution in [0.1, 0.15) is 13.3 Å². The van der Waals surface area contributed by atoms with Crippen molar-refractivity contribution in [3.8, 4) is 0 Å². The molecule has 0 amide bonds. The smallest absolute Gasteiger partial charge is 0.111 e. The van der Waals surface area contributed by atoms with Crippen molar-refractivity contribution >= 4 is 0 Å². The van der Waals surface area contributed by atoms with Gasteiger partial charge in [0.2, 0.25) is 0 Å². The van der Waals surface area contributed by atoms with Crippen LogP contribution in [0.15, 0.2) is 0 Å². The first-order valence-corrected chi connectivity index (χ1v) is 14.1. The molecule has 15 atom stereocenters. The van der Waals surface area contributed by atoms with Gasteiger partial charge < -0.3 is 74.4 Å². The molecule has 3 fully saturated rings. The zero-order chi connectivity index (χ0) is 30.3. The Morgan fingerprint density at radius 1 is 0.463 bits per heavy atom. The maximum atomic E-state index is 11.2. The Balaban J connectivity index is 1.59. The highest BCUT2D eigenvalue weighted by molar-refractivity contribution is 4.95. The van der Waals surface area contributed by atoms with E-state index >= 15 is 0 Å². The van der Waals surface area contributed by atoms with Gasteiger partial charge in [-0.05, 0) is 5.92 Å². The van der Waals surface area contributed by atoms with Crippen molar-refractivity contribution in [1.29, 1.82) is 0 Å². The van der Waals surface area contributed by atoms with E-state index in [9.17, 15) is 46.0 Å². The fourth-order valence-corrected chi connectivity index (χ4v) is 6.06. The molecule has 3 saturated heterocycles. The molecule has 15 nitrogen and oxygen atoms in total. The van der Waals surface area contributed by atoms with Gasteiger partial charge in [0.15, 0.2) is 0 Å². The van der Waals surface area contributed by atoms with E-state index in [0.29, 0.717) is 6.42 Å². The second kappa shape index (κ2) is 16.5. The zero-order valence-corrected chi connectivity index (χ0v) is 23.5. The molecule has 41 heavy (non-hydrogen) atoms. The standard InChI is InChI=1S/C26H48O15/c1-3-12-13(7-37-11-20-25(34)26(35)23(32)17(6-29)41-20)21(30)19(39-15(12)4-27)10-38-8-14-16(5-28)40-18(9-36-2)24(33)22(14)31/h12-35H,3-11H2,1-2H3. The third-order valence-electron chi connectivity index (χ3n) is 8.53. The third kappa shape index (κ3) is 8.12. The normalized spacial score (nSPS) is 45.6. The molecule has 0 aromatic heterocycles. The van der Waals surface area contributed by atoms with E-state index in [1.54, 1.807) is 0 Å². The molecule has 3 rings (SSSR count). The molecule has 0 radical (unpaired) electrons. The summed E-state index contributed by atoms with van der Waals surface area (Å²) in [5, 5.41) is 91.6. The summed E-state index contributed by atoms with van der Waals surface area (Å²) in [6, 6.07) is 0. The molecule has 0 aliphatic carbocycles. The molecule has 15 unspecified atom stereocenters. The maximum absolute atomic E-state index is 11.2. The highest BCUT2D eigenvalue weighted by atomic mass is 16.6. The summed E-state index contributed by atoms with van der Waals surface area (Å²) >= 11 is 0. The van der Waals surface area contributed by atoms with Gasteiger partial charge in [0.25, 0.3) is 0 Å². The lowest BCUT2D eigenvalue weighted by atomic mass is 9.78. The Morgan fingerprint density at radius 3 is 1.44 bits per heavy atom. The predicted molar refractivity (Wildman–Crippen MR) is 138 cm³/mol. The van der Waals surface area contributed by atoms with Gasteiger partial charge in [-0.2, -0.15) is 0 Å². The van der Waals surface area contributed by atoms with Crippen molar-refractivity contribution in [2.45, 2.75) is 86.6 Å². The second-order valence-corrected chi connectivity index (χ2v) is 11.1. The molecule has 0 aromatic carbocycles. The molecule has 0 saturated carbocycles. The monoisotopic (exact) mass is 600 g/mol. The van der Waals surface area contributed by atoms with Crippen molar-refractivity contribution in [2.24, 2.45) is 17.8 Å². The molecular formula is C26H48O15. The number of methoxy groups -OCH3 is 1. The maximum Gasteiger partial charge on any atom is 0.111 e. The summed E-state index contributed by atoms with van der Waals surface area (Å²) in [7, 11) is 1.43. The summed E-state index contributed by atoms with van der Waals surface area (Å²) in [6.07, 6.45) is -12.7. The average Bonchev–Trinajstić information content (AvgIpc) is 2.97. The van der Waals surface area contributed by atoms with E-state index in [2.05, 4.69) is 0 Å². The highest BCUT2D eigenvalue weighted by Crippen LogP contribution is 2.35. The largest absolute Gasteiger partial charge is 0.394 e. The van der Waals surface area contributed by atoms with E-state index in [1.165, 1.54) is 7.11 Å². The Bertz CT molecular complexity index is 744. The van der Waals surface area contributed by atoms with Crippen LogP contribution in [-0.4, -0.2) is 179 Å². The van der Waals surface area contributed by atoms with E-state index in [4.69, 9.17) is 28.4 Å². The first-order chi connectivity index (χ1) is 19.6. The van der Waals surface area contributed by atoms with Gasteiger partial charge in [-0.25, -0.2) is 0 Å². The lowest BCUT2D eigenvalue weighted by Gasteiger charge is -2.45. The quantitative estimate of drug-likeness (QED) is 0.0911. The first-order valence-electron chi connectivity index (χ1n) is 14.1. The van der Waals surface area contributed by atoms with Crippen molar-refractivity contribution in [2.75, 3.05) is 60.0 Å². The van der Waals surface area contributed by atoms with Crippen molar-refractivity contribution < 1.29 is 74.4 Å². The van der Waals surface area contributed by atoms with Gasteiger partial charge in [-0.1, -0.05) is 13.3 Å². The Kier molecular flexibility index (Phi) is 14.0. The Morgan fingerprint density at radius 2 is 0.902 bits per heavy atom. The molecule has 15 heteroatoms. The minimum absolute atomic E-state index is 0.0140. The molecule has 0 aromatic rings. The van der Waals surface area contributed by atoms with E-state index in [0.717, 1.165) is 0 Å². The van der Waals surface area contributed by atoms with Crippen LogP contribution in [0.5, 0.6) is 0 Å². The van der Waals surface area contributed by atoms with Gasteiger partial charge >= 0.3 is 0 Å². The number of hydrogen-bond donors (Lipinski definition) is 9. The van der Waals surface area contributed by atoms with Crippen LogP contribution in [0, 0.1) is 17.8 Å². The summed E-state index contributed by atoms with van der Waals surface area (Å²) < 4.78 is 33.6. The molecule has 0 bridgehead atoms. The molecule has 3 aliphatic rings. The van der Waals surface area contributed by atoms with Crippen LogP contribution in [0.3, 0.4) is 0 Å². The SMILES string of the molecule is CCC1C(CO)OC(COCC2C(CO)OC(COC)C(O)C2O)C(O)C1COCC1OC(CO)C(O)C(O)C1O. The van der Waals surface area contributed by atoms with Crippen molar-refractivity contribution in [3.05, 3.63) is 0 Å². The van der Waals surface area contributed by atoms with E-state index in [-0.39, 0.29) is 45.6 Å². The number of rotatable bonds is 14. The Labute approximate surface area is 239 Å². The minimum Gasteiger partial charge on any atom is -0.394 e. The van der Waals surface area contributed by atoms with Crippen LogP contribution in [0.25, 0.3) is 0 Å². The van der Waals surface area contributed by atoms with Crippen LogP contribution < -0.4 is 0 Å². The lowest BCUT2D eigenvalue weighted by Crippen LogP contribution is -2.60. The van der Waals surface area contributed by atoms with Crippen molar-refractivity contribution in [1.82, 2.24) is 0 Å². The number of aliphatic hydroxyl groups is 9.